The van der Waals surface area contributed by atoms with Gasteiger partial charge >= 0.3 is 5.97 Å². The van der Waals surface area contributed by atoms with E-state index in [-0.39, 0.29) is 33.3 Å². The number of halogens is 1. The van der Waals surface area contributed by atoms with E-state index in [0.717, 1.165) is 0 Å². The number of carboxylic acid groups (broad SMARTS) is 1. The van der Waals surface area contributed by atoms with E-state index < -0.39 is 16.8 Å². The zero-order valence-corrected chi connectivity index (χ0v) is 16.3. The standard InChI is InChI=1S/C21H12ClN3O6/c22-18-6-4-12(9-17(18)21(27)28)19-7-5-16(31-19)8-13(11-23)20(26)24-14-2-1-3-15(10-14)25(29)30/h1-10H,(H,24,26)(H,27,28)/b13-8+. The second kappa shape index (κ2) is 8.94. The number of non-ortho nitro benzene ring substituents is 1. The summed E-state index contributed by atoms with van der Waals surface area (Å²) in [6.07, 6.45) is 1.20. The molecule has 2 aromatic carbocycles. The largest absolute Gasteiger partial charge is 0.478 e. The number of nitriles is 1. The number of carbonyl (C=O) groups is 2. The first-order chi connectivity index (χ1) is 14.8. The summed E-state index contributed by atoms with van der Waals surface area (Å²) in [5, 5.41) is 31.8. The average Bonchev–Trinajstić information content (AvgIpc) is 3.20. The second-order valence-corrected chi connectivity index (χ2v) is 6.54. The lowest BCUT2D eigenvalue weighted by Crippen LogP contribution is -2.13. The summed E-state index contributed by atoms with van der Waals surface area (Å²) in [6.45, 7) is 0. The van der Waals surface area contributed by atoms with E-state index in [1.807, 2.05) is 0 Å². The number of hydrogen-bond acceptors (Lipinski definition) is 6. The van der Waals surface area contributed by atoms with Crippen LogP contribution in [0.4, 0.5) is 11.4 Å². The van der Waals surface area contributed by atoms with Crippen LogP contribution in [0.1, 0.15) is 16.1 Å². The van der Waals surface area contributed by atoms with E-state index >= 15 is 0 Å². The quantitative estimate of drug-likeness (QED) is 0.244. The molecule has 31 heavy (non-hydrogen) atoms. The van der Waals surface area contributed by atoms with Crippen molar-refractivity contribution in [2.24, 2.45) is 0 Å². The molecule has 1 heterocycles. The van der Waals surface area contributed by atoms with E-state index in [2.05, 4.69) is 5.32 Å². The van der Waals surface area contributed by atoms with E-state index in [1.165, 1.54) is 48.5 Å². The third kappa shape index (κ3) is 4.95. The number of nitro benzene ring substituents is 1. The van der Waals surface area contributed by atoms with Crippen LogP contribution >= 0.6 is 11.6 Å². The SMILES string of the molecule is N#C/C(=C\c1ccc(-c2ccc(Cl)c(C(=O)O)c2)o1)C(=O)Nc1cccc([N+](=O)[O-])c1. The number of aromatic carboxylic acids is 1. The van der Waals surface area contributed by atoms with Crippen LogP contribution in [0.2, 0.25) is 5.02 Å². The van der Waals surface area contributed by atoms with Crippen LogP contribution in [-0.2, 0) is 4.79 Å². The number of nitro groups is 1. The van der Waals surface area contributed by atoms with Gasteiger partial charge in [0, 0.05) is 29.5 Å². The fourth-order valence-electron chi connectivity index (χ4n) is 2.61. The van der Waals surface area contributed by atoms with Crippen molar-refractivity contribution in [1.82, 2.24) is 0 Å². The van der Waals surface area contributed by atoms with Gasteiger partial charge in [0.1, 0.15) is 23.2 Å². The Morgan fingerprint density at radius 1 is 1.19 bits per heavy atom. The first-order valence-electron chi connectivity index (χ1n) is 8.59. The number of amides is 1. The molecule has 2 N–H and O–H groups in total. The molecule has 3 rings (SSSR count). The van der Waals surface area contributed by atoms with Crippen molar-refractivity contribution in [3.05, 3.63) is 86.6 Å². The summed E-state index contributed by atoms with van der Waals surface area (Å²) in [5.41, 5.74) is -0.0000435. The highest BCUT2D eigenvalue weighted by atomic mass is 35.5. The average molecular weight is 438 g/mol. The lowest BCUT2D eigenvalue weighted by atomic mass is 10.1. The second-order valence-electron chi connectivity index (χ2n) is 6.13. The maximum atomic E-state index is 12.4. The lowest BCUT2D eigenvalue weighted by molar-refractivity contribution is -0.384. The molecule has 154 valence electrons. The van der Waals surface area contributed by atoms with Crippen LogP contribution in [-0.4, -0.2) is 21.9 Å². The zero-order valence-electron chi connectivity index (χ0n) is 15.5. The molecule has 0 unspecified atom stereocenters. The van der Waals surface area contributed by atoms with Gasteiger partial charge in [0.2, 0.25) is 0 Å². The zero-order chi connectivity index (χ0) is 22.5. The smallest absolute Gasteiger partial charge is 0.337 e. The molecule has 0 bridgehead atoms. The van der Waals surface area contributed by atoms with Crippen LogP contribution in [0.25, 0.3) is 17.4 Å². The fourth-order valence-corrected chi connectivity index (χ4v) is 2.81. The maximum absolute atomic E-state index is 12.4. The number of carboxylic acids is 1. The van der Waals surface area contributed by atoms with Gasteiger partial charge in [0.25, 0.3) is 11.6 Å². The summed E-state index contributed by atoms with van der Waals surface area (Å²) in [7, 11) is 0. The molecule has 10 heteroatoms. The summed E-state index contributed by atoms with van der Waals surface area (Å²) in [5.74, 6) is -1.49. The molecule has 3 aromatic rings. The van der Waals surface area contributed by atoms with E-state index in [4.69, 9.17) is 16.0 Å². The Labute approximate surface area is 179 Å². The van der Waals surface area contributed by atoms with Crippen molar-refractivity contribution in [3.63, 3.8) is 0 Å². The molecule has 1 aromatic heterocycles. The highest BCUT2D eigenvalue weighted by Gasteiger charge is 2.15. The minimum Gasteiger partial charge on any atom is -0.478 e. The fraction of sp³-hybridized carbons (Fsp3) is 0. The van der Waals surface area contributed by atoms with Crippen LogP contribution in [0.3, 0.4) is 0 Å². The van der Waals surface area contributed by atoms with Gasteiger partial charge in [0.05, 0.1) is 15.5 Å². The normalized spacial score (nSPS) is 10.9. The van der Waals surface area contributed by atoms with E-state index in [0.29, 0.717) is 11.3 Å². The molecular weight excluding hydrogens is 426 g/mol. The van der Waals surface area contributed by atoms with Crippen molar-refractivity contribution in [3.8, 4) is 17.4 Å². The van der Waals surface area contributed by atoms with Crippen molar-refractivity contribution in [1.29, 1.82) is 5.26 Å². The number of benzene rings is 2. The Bertz CT molecular complexity index is 1270. The van der Waals surface area contributed by atoms with Gasteiger partial charge in [-0.05, 0) is 36.4 Å². The van der Waals surface area contributed by atoms with Gasteiger partial charge in [-0.25, -0.2) is 4.79 Å². The minimum absolute atomic E-state index is 0.0764. The lowest BCUT2D eigenvalue weighted by Gasteiger charge is -2.04. The molecule has 0 aliphatic carbocycles. The molecule has 0 spiro atoms. The van der Waals surface area contributed by atoms with E-state index in [1.54, 1.807) is 18.2 Å². The van der Waals surface area contributed by atoms with Gasteiger partial charge in [-0.1, -0.05) is 17.7 Å². The Morgan fingerprint density at radius 2 is 1.97 bits per heavy atom. The van der Waals surface area contributed by atoms with Gasteiger partial charge in [-0.3, -0.25) is 14.9 Å². The predicted octanol–water partition coefficient (Wildman–Crippen LogP) is 4.75. The molecular formula is C21H12ClN3O6. The maximum Gasteiger partial charge on any atom is 0.337 e. The van der Waals surface area contributed by atoms with Crippen molar-refractivity contribution in [2.45, 2.75) is 0 Å². The molecule has 0 saturated heterocycles. The highest BCUT2D eigenvalue weighted by Crippen LogP contribution is 2.28. The Hall–Kier alpha value is -4.42. The Balaban J connectivity index is 1.83. The van der Waals surface area contributed by atoms with Crippen LogP contribution < -0.4 is 5.32 Å². The number of hydrogen-bond donors (Lipinski definition) is 2. The molecule has 0 aliphatic rings. The summed E-state index contributed by atoms with van der Waals surface area (Å²) in [6, 6.07) is 14.4. The predicted molar refractivity (Wildman–Crippen MR) is 111 cm³/mol. The van der Waals surface area contributed by atoms with Gasteiger partial charge in [-0.2, -0.15) is 5.26 Å². The topological polar surface area (TPSA) is 146 Å². The first-order valence-corrected chi connectivity index (χ1v) is 8.97. The third-order valence-corrected chi connectivity index (χ3v) is 4.40. The molecule has 0 fully saturated rings. The number of nitrogens with zero attached hydrogens (tertiary/aromatic N) is 2. The van der Waals surface area contributed by atoms with Crippen LogP contribution in [0.5, 0.6) is 0 Å². The minimum atomic E-state index is -1.19. The molecule has 1 amide bonds. The Morgan fingerprint density at radius 3 is 2.65 bits per heavy atom. The van der Waals surface area contributed by atoms with Gasteiger partial charge in [0.15, 0.2) is 0 Å². The number of furan rings is 1. The number of rotatable bonds is 6. The van der Waals surface area contributed by atoms with Crippen molar-refractivity contribution >= 4 is 40.9 Å². The third-order valence-electron chi connectivity index (χ3n) is 4.07. The van der Waals surface area contributed by atoms with Gasteiger partial charge in [-0.15, -0.1) is 0 Å². The molecule has 0 radical (unpaired) electrons. The Kier molecular flexibility index (Phi) is 6.14. The summed E-state index contributed by atoms with van der Waals surface area (Å²) < 4.78 is 5.59. The number of nitrogens with one attached hydrogen (secondary N) is 1. The number of carbonyl (C=O) groups excluding carboxylic acids is 1. The van der Waals surface area contributed by atoms with Crippen LogP contribution in [0.15, 0.2) is 64.6 Å². The highest BCUT2D eigenvalue weighted by molar-refractivity contribution is 6.33. The molecule has 0 atom stereocenters. The number of anilines is 1. The monoisotopic (exact) mass is 437 g/mol. The van der Waals surface area contributed by atoms with Crippen molar-refractivity contribution < 1.29 is 24.0 Å². The van der Waals surface area contributed by atoms with E-state index in [9.17, 15) is 30.1 Å². The summed E-state index contributed by atoms with van der Waals surface area (Å²) in [4.78, 5) is 33.8. The van der Waals surface area contributed by atoms with Gasteiger partial charge < -0.3 is 14.8 Å². The molecule has 9 nitrogen and oxygen atoms in total. The first kappa shape index (κ1) is 21.3. The van der Waals surface area contributed by atoms with Crippen LogP contribution in [0, 0.1) is 21.4 Å². The summed E-state index contributed by atoms with van der Waals surface area (Å²) >= 11 is 5.86. The van der Waals surface area contributed by atoms with Crippen molar-refractivity contribution in [2.75, 3.05) is 5.32 Å². The molecule has 0 aliphatic heterocycles. The molecule has 0 saturated carbocycles.